The van der Waals surface area contributed by atoms with Gasteiger partial charge >= 0.3 is 6.18 Å². The Morgan fingerprint density at radius 3 is 2.47 bits per heavy atom. The molecule has 0 bridgehead atoms. The number of benzene rings is 1. The molecule has 9 heteroatoms. The van der Waals surface area contributed by atoms with Crippen molar-refractivity contribution >= 4 is 11.6 Å². The third-order valence-corrected chi connectivity index (χ3v) is 5.68. The van der Waals surface area contributed by atoms with Crippen molar-refractivity contribution in [2.75, 3.05) is 70.9 Å². The van der Waals surface area contributed by atoms with Crippen LogP contribution in [0, 0.1) is 0 Å². The number of nitrogens with zero attached hydrogens (tertiary/aromatic N) is 4. The van der Waals surface area contributed by atoms with Gasteiger partial charge < -0.3 is 15.5 Å². The number of halogens is 3. The van der Waals surface area contributed by atoms with Gasteiger partial charge in [-0.15, -0.1) is 0 Å². The third kappa shape index (κ3) is 7.36. The number of guanidine groups is 1. The van der Waals surface area contributed by atoms with Gasteiger partial charge in [0.15, 0.2) is 5.96 Å². The lowest BCUT2D eigenvalue weighted by atomic mass is 10.2. The molecule has 6 nitrogen and oxygen atoms in total. The fourth-order valence-electron chi connectivity index (χ4n) is 4.11. The van der Waals surface area contributed by atoms with Crippen LogP contribution in [-0.4, -0.2) is 93.9 Å². The first kappa shape index (κ1) is 22.7. The van der Waals surface area contributed by atoms with Crippen molar-refractivity contribution in [1.29, 1.82) is 0 Å². The Morgan fingerprint density at radius 1 is 1.07 bits per heavy atom. The molecule has 1 aromatic carbocycles. The minimum atomic E-state index is -4.14. The highest BCUT2D eigenvalue weighted by molar-refractivity contribution is 5.80. The monoisotopic (exact) mass is 426 g/mol. The second-order valence-corrected chi connectivity index (χ2v) is 8.00. The van der Waals surface area contributed by atoms with E-state index >= 15 is 0 Å². The number of para-hydroxylation sites is 1. The van der Waals surface area contributed by atoms with E-state index in [9.17, 15) is 13.2 Å². The first-order valence-corrected chi connectivity index (χ1v) is 10.7. The normalized spacial score (nSPS) is 21.8. The first-order valence-electron chi connectivity index (χ1n) is 10.7. The molecule has 2 heterocycles. The summed E-state index contributed by atoms with van der Waals surface area (Å²) in [4.78, 5) is 10.6. The summed E-state index contributed by atoms with van der Waals surface area (Å²) in [5, 5.41) is 6.55. The van der Waals surface area contributed by atoms with E-state index in [0.29, 0.717) is 25.5 Å². The van der Waals surface area contributed by atoms with Crippen LogP contribution >= 0.6 is 0 Å². The van der Waals surface area contributed by atoms with Gasteiger partial charge in [0.25, 0.3) is 0 Å². The van der Waals surface area contributed by atoms with Crippen LogP contribution in [0.25, 0.3) is 0 Å². The average Bonchev–Trinajstić information content (AvgIpc) is 3.16. The first-order chi connectivity index (χ1) is 14.4. The molecular weight excluding hydrogens is 393 g/mol. The van der Waals surface area contributed by atoms with Gasteiger partial charge in [0, 0.05) is 64.6 Å². The molecule has 0 radical (unpaired) electrons. The third-order valence-electron chi connectivity index (χ3n) is 5.68. The highest BCUT2D eigenvalue weighted by Crippen LogP contribution is 2.20. The average molecular weight is 427 g/mol. The lowest BCUT2D eigenvalue weighted by Crippen LogP contribution is -2.48. The molecule has 0 amide bonds. The molecule has 2 saturated heterocycles. The quantitative estimate of drug-likeness (QED) is 0.397. The van der Waals surface area contributed by atoms with E-state index in [-0.39, 0.29) is 6.04 Å². The second kappa shape index (κ2) is 10.9. The summed E-state index contributed by atoms with van der Waals surface area (Å²) in [5.74, 6) is 0.669. The molecule has 2 aliphatic rings. The van der Waals surface area contributed by atoms with E-state index in [4.69, 9.17) is 0 Å². The molecule has 2 fully saturated rings. The number of rotatable bonds is 7. The minimum Gasteiger partial charge on any atom is -0.369 e. The van der Waals surface area contributed by atoms with Gasteiger partial charge in [-0.3, -0.25) is 14.8 Å². The molecule has 0 saturated carbocycles. The summed E-state index contributed by atoms with van der Waals surface area (Å²) < 4.78 is 37.6. The van der Waals surface area contributed by atoms with Crippen molar-refractivity contribution < 1.29 is 13.2 Å². The summed E-state index contributed by atoms with van der Waals surface area (Å²) >= 11 is 0. The maximum atomic E-state index is 12.5. The van der Waals surface area contributed by atoms with Crippen molar-refractivity contribution in [2.24, 2.45) is 4.99 Å². The highest BCUT2D eigenvalue weighted by atomic mass is 19.4. The number of likely N-dealkylation sites (tertiary alicyclic amines) is 1. The summed E-state index contributed by atoms with van der Waals surface area (Å²) in [5.41, 5.74) is 1.29. The van der Waals surface area contributed by atoms with E-state index in [1.54, 1.807) is 7.05 Å². The Balaban J connectivity index is 1.29. The van der Waals surface area contributed by atoms with Crippen LogP contribution in [0.4, 0.5) is 18.9 Å². The SMILES string of the molecule is CN=C(NCCCN1CCN(c2ccccc2)CC1)NC1CCN(CC(F)(F)F)C1. The number of alkyl halides is 3. The number of nitrogens with one attached hydrogen (secondary N) is 2. The van der Waals surface area contributed by atoms with Crippen LogP contribution in [-0.2, 0) is 0 Å². The van der Waals surface area contributed by atoms with E-state index < -0.39 is 12.7 Å². The zero-order valence-corrected chi connectivity index (χ0v) is 17.7. The summed E-state index contributed by atoms with van der Waals surface area (Å²) in [6.45, 7) is 6.02. The Morgan fingerprint density at radius 2 is 1.80 bits per heavy atom. The zero-order valence-electron chi connectivity index (χ0n) is 17.7. The van der Waals surface area contributed by atoms with E-state index in [0.717, 1.165) is 45.7 Å². The van der Waals surface area contributed by atoms with Crippen LogP contribution in [0.3, 0.4) is 0 Å². The second-order valence-electron chi connectivity index (χ2n) is 8.00. The molecule has 1 unspecified atom stereocenters. The molecule has 0 aromatic heterocycles. The summed E-state index contributed by atoms with van der Waals surface area (Å²) in [7, 11) is 1.70. The van der Waals surface area contributed by atoms with Crippen LogP contribution in [0.5, 0.6) is 0 Å². The van der Waals surface area contributed by atoms with Crippen molar-refractivity contribution in [3.63, 3.8) is 0 Å². The van der Waals surface area contributed by atoms with Crippen LogP contribution < -0.4 is 15.5 Å². The number of hydrogen-bond donors (Lipinski definition) is 2. The van der Waals surface area contributed by atoms with Gasteiger partial charge in [-0.1, -0.05) is 18.2 Å². The molecule has 1 atom stereocenters. The Kier molecular flexibility index (Phi) is 8.21. The van der Waals surface area contributed by atoms with Gasteiger partial charge in [-0.2, -0.15) is 13.2 Å². The van der Waals surface area contributed by atoms with Gasteiger partial charge in [0.2, 0.25) is 0 Å². The maximum Gasteiger partial charge on any atom is 0.401 e. The molecule has 2 aliphatic heterocycles. The van der Waals surface area contributed by atoms with Crippen molar-refractivity contribution in [3.8, 4) is 0 Å². The van der Waals surface area contributed by atoms with Crippen molar-refractivity contribution in [2.45, 2.75) is 25.1 Å². The molecule has 0 aliphatic carbocycles. The largest absolute Gasteiger partial charge is 0.401 e. The standard InChI is InChI=1S/C21H33F3N6/c1-25-20(27-18-8-11-29(16-18)17-21(22,23)24)26-9-5-10-28-12-14-30(15-13-28)19-6-3-2-4-7-19/h2-4,6-7,18H,5,8-17H2,1H3,(H2,25,26,27). The smallest absolute Gasteiger partial charge is 0.369 e. The summed E-state index contributed by atoms with van der Waals surface area (Å²) in [6.07, 6.45) is -2.44. The van der Waals surface area contributed by atoms with Crippen LogP contribution in [0.15, 0.2) is 35.3 Å². The van der Waals surface area contributed by atoms with Gasteiger partial charge in [-0.05, 0) is 31.5 Å². The Labute approximate surface area is 177 Å². The Hall–Kier alpha value is -2.00. The molecular formula is C21H33F3N6. The van der Waals surface area contributed by atoms with Gasteiger partial charge in [0.05, 0.1) is 6.54 Å². The predicted molar refractivity (Wildman–Crippen MR) is 115 cm³/mol. The van der Waals surface area contributed by atoms with E-state index in [1.165, 1.54) is 10.6 Å². The van der Waals surface area contributed by atoms with E-state index in [2.05, 4.69) is 49.7 Å². The van der Waals surface area contributed by atoms with Crippen LogP contribution in [0.2, 0.25) is 0 Å². The lowest BCUT2D eigenvalue weighted by molar-refractivity contribution is -0.143. The van der Waals surface area contributed by atoms with Crippen molar-refractivity contribution in [1.82, 2.24) is 20.4 Å². The molecule has 168 valence electrons. The maximum absolute atomic E-state index is 12.5. The van der Waals surface area contributed by atoms with Gasteiger partial charge in [0.1, 0.15) is 0 Å². The zero-order chi connectivity index (χ0) is 21.4. The predicted octanol–water partition coefficient (Wildman–Crippen LogP) is 2.00. The lowest BCUT2D eigenvalue weighted by Gasteiger charge is -2.36. The number of anilines is 1. The fourth-order valence-corrected chi connectivity index (χ4v) is 4.11. The molecule has 0 spiro atoms. The van der Waals surface area contributed by atoms with Crippen molar-refractivity contribution in [3.05, 3.63) is 30.3 Å². The number of hydrogen-bond acceptors (Lipinski definition) is 4. The minimum absolute atomic E-state index is 0.00427. The molecule has 3 rings (SSSR count). The fraction of sp³-hybridized carbons (Fsp3) is 0.667. The number of piperazine rings is 1. The highest BCUT2D eigenvalue weighted by Gasteiger charge is 2.34. The molecule has 30 heavy (non-hydrogen) atoms. The molecule has 2 N–H and O–H groups in total. The topological polar surface area (TPSA) is 46.1 Å². The number of aliphatic imine (C=N–C) groups is 1. The molecule has 1 aromatic rings. The van der Waals surface area contributed by atoms with E-state index in [1.807, 2.05) is 6.07 Å². The van der Waals surface area contributed by atoms with Gasteiger partial charge in [-0.25, -0.2) is 0 Å². The van der Waals surface area contributed by atoms with Crippen LogP contribution in [0.1, 0.15) is 12.8 Å². The Bertz CT molecular complexity index is 658. The summed E-state index contributed by atoms with van der Waals surface area (Å²) in [6, 6.07) is 10.5.